The molecule has 0 aliphatic heterocycles. The molecule has 12 rings (SSSR count). The average molecular weight is 717 g/mol. The van der Waals surface area contributed by atoms with Gasteiger partial charge in [0, 0.05) is 38.0 Å². The number of para-hydroxylation sites is 1. The number of hydrogen-bond donors (Lipinski definition) is 0. The molecule has 0 radical (unpaired) electrons. The van der Waals surface area contributed by atoms with Crippen LogP contribution in [0.1, 0.15) is 55.4 Å². The summed E-state index contributed by atoms with van der Waals surface area (Å²) in [4.78, 5) is 0. The molecule has 56 heavy (non-hydrogen) atoms. The van der Waals surface area contributed by atoms with Gasteiger partial charge in [-0.1, -0.05) is 130 Å². The molecule has 2 aromatic heterocycles. The second-order valence-corrected chi connectivity index (χ2v) is 16.6. The molecule has 2 aliphatic carbocycles. The molecule has 0 spiro atoms. The van der Waals surface area contributed by atoms with Gasteiger partial charge in [0.1, 0.15) is 0 Å². The van der Waals surface area contributed by atoms with E-state index in [-0.39, 0.29) is 5.41 Å². The van der Waals surface area contributed by atoms with Crippen LogP contribution in [0.15, 0.2) is 164 Å². The predicted octanol–water partition coefficient (Wildman–Crippen LogP) is 14.5. The molecule has 0 saturated carbocycles. The Bertz CT molecular complexity index is 3320. The minimum Gasteiger partial charge on any atom is -0.309 e. The number of nitrogens with zero attached hydrogens (tertiary/aromatic N) is 2. The summed E-state index contributed by atoms with van der Waals surface area (Å²) in [5, 5.41) is 7.61. The lowest BCUT2D eigenvalue weighted by Crippen LogP contribution is -2.14. The molecule has 0 amide bonds. The van der Waals surface area contributed by atoms with Gasteiger partial charge in [-0.15, -0.1) is 0 Å². The van der Waals surface area contributed by atoms with E-state index in [1.807, 2.05) is 0 Å². The normalized spacial score (nSPS) is 15.6. The van der Waals surface area contributed by atoms with Gasteiger partial charge in [-0.2, -0.15) is 0 Å². The SMILES string of the molecule is CC1CC=Cc2cc(-n3c4ccccc4c4cc(-c5ccc6c(c5)c5cc7c(cc5n6-c5cccc6ccccc56)C(C)(C)c5ccccc5-7)ccc43)ccc21. The van der Waals surface area contributed by atoms with Crippen molar-refractivity contribution < 1.29 is 0 Å². The van der Waals surface area contributed by atoms with Crippen LogP contribution >= 0.6 is 0 Å². The number of rotatable bonds is 3. The van der Waals surface area contributed by atoms with E-state index < -0.39 is 0 Å². The topological polar surface area (TPSA) is 9.86 Å². The molecular formula is C54H40N2. The zero-order valence-electron chi connectivity index (χ0n) is 31.8. The minimum atomic E-state index is -0.0892. The van der Waals surface area contributed by atoms with Crippen LogP contribution in [0.3, 0.4) is 0 Å². The standard InChI is InChI=1S/C54H40N2/c1-33-12-10-15-37-28-38(24-25-39(33)37)55-50-20-9-7-18-42(50)44-29-35(22-26-51(44)55)36-23-27-52-45(30-36)46-31-43-41-17-6-8-19-47(41)54(2,3)48(43)32-53(46)56(52)49-21-11-14-34-13-4-5-16-40(34)49/h4-11,13-33H,12H2,1-3H3. The maximum atomic E-state index is 2.52. The van der Waals surface area contributed by atoms with E-state index in [0.717, 1.165) is 6.42 Å². The monoisotopic (exact) mass is 716 g/mol. The molecule has 1 atom stereocenters. The maximum absolute atomic E-state index is 2.52. The first-order valence-corrected chi connectivity index (χ1v) is 20.0. The predicted molar refractivity (Wildman–Crippen MR) is 238 cm³/mol. The zero-order valence-corrected chi connectivity index (χ0v) is 31.8. The van der Waals surface area contributed by atoms with E-state index in [0.29, 0.717) is 5.92 Å². The van der Waals surface area contributed by atoms with Crippen LogP contribution in [0.4, 0.5) is 0 Å². The van der Waals surface area contributed by atoms with Gasteiger partial charge >= 0.3 is 0 Å². The first-order chi connectivity index (χ1) is 27.4. The first-order valence-electron chi connectivity index (χ1n) is 20.0. The van der Waals surface area contributed by atoms with Gasteiger partial charge in [-0.05, 0) is 123 Å². The summed E-state index contributed by atoms with van der Waals surface area (Å²) in [6, 6.07) is 59.5. The molecular weight excluding hydrogens is 677 g/mol. The van der Waals surface area contributed by atoms with E-state index in [1.54, 1.807) is 0 Å². The number of hydrogen-bond acceptors (Lipinski definition) is 0. The summed E-state index contributed by atoms with van der Waals surface area (Å²) in [7, 11) is 0. The molecule has 2 nitrogen and oxygen atoms in total. The van der Waals surface area contributed by atoms with Crippen molar-refractivity contribution in [2.75, 3.05) is 0 Å². The molecule has 2 aliphatic rings. The summed E-state index contributed by atoms with van der Waals surface area (Å²) in [5.74, 6) is 0.548. The minimum absolute atomic E-state index is 0.0892. The average Bonchev–Trinajstić information content (AvgIpc) is 3.82. The van der Waals surface area contributed by atoms with Crippen LogP contribution in [-0.4, -0.2) is 9.13 Å². The van der Waals surface area contributed by atoms with Gasteiger partial charge < -0.3 is 9.13 Å². The second kappa shape index (κ2) is 11.4. The third-order valence-corrected chi connectivity index (χ3v) is 13.1. The van der Waals surface area contributed by atoms with Crippen LogP contribution in [0.25, 0.3) is 94.1 Å². The van der Waals surface area contributed by atoms with Crippen molar-refractivity contribution in [2.45, 2.75) is 38.5 Å². The lowest BCUT2D eigenvalue weighted by molar-refractivity contribution is 0.661. The van der Waals surface area contributed by atoms with Gasteiger partial charge in [0.25, 0.3) is 0 Å². The van der Waals surface area contributed by atoms with Crippen molar-refractivity contribution in [2.24, 2.45) is 0 Å². The van der Waals surface area contributed by atoms with Crippen molar-refractivity contribution >= 4 is 60.5 Å². The summed E-state index contributed by atoms with van der Waals surface area (Å²) in [6.07, 6.45) is 5.72. The highest BCUT2D eigenvalue weighted by Gasteiger charge is 2.36. The summed E-state index contributed by atoms with van der Waals surface area (Å²) < 4.78 is 4.96. The fourth-order valence-electron chi connectivity index (χ4n) is 10.3. The maximum Gasteiger partial charge on any atom is 0.0544 e. The Hall–Kier alpha value is -6.64. The largest absolute Gasteiger partial charge is 0.309 e. The van der Waals surface area contributed by atoms with Crippen LogP contribution in [0, 0.1) is 0 Å². The molecule has 0 N–H and O–H groups in total. The molecule has 266 valence electrons. The highest BCUT2D eigenvalue weighted by Crippen LogP contribution is 2.51. The first kappa shape index (κ1) is 31.7. The van der Waals surface area contributed by atoms with Crippen molar-refractivity contribution in [3.63, 3.8) is 0 Å². The number of aromatic nitrogens is 2. The summed E-state index contributed by atoms with van der Waals surface area (Å²) in [6.45, 7) is 7.08. The van der Waals surface area contributed by atoms with E-state index in [2.05, 4.69) is 200 Å². The Morgan fingerprint density at radius 1 is 0.500 bits per heavy atom. The zero-order chi connectivity index (χ0) is 37.3. The lowest BCUT2D eigenvalue weighted by Gasteiger charge is -2.21. The van der Waals surface area contributed by atoms with Crippen LogP contribution < -0.4 is 0 Å². The number of benzene rings is 8. The van der Waals surface area contributed by atoms with Gasteiger partial charge in [-0.25, -0.2) is 0 Å². The van der Waals surface area contributed by atoms with E-state index >= 15 is 0 Å². The van der Waals surface area contributed by atoms with Gasteiger partial charge in [0.2, 0.25) is 0 Å². The molecule has 0 bridgehead atoms. The Morgan fingerprint density at radius 2 is 1.18 bits per heavy atom. The van der Waals surface area contributed by atoms with Crippen LogP contribution in [-0.2, 0) is 5.41 Å². The Kier molecular flexibility index (Phi) is 6.47. The van der Waals surface area contributed by atoms with E-state index in [9.17, 15) is 0 Å². The molecule has 10 aromatic rings. The van der Waals surface area contributed by atoms with Crippen LogP contribution in [0.5, 0.6) is 0 Å². The van der Waals surface area contributed by atoms with E-state index in [4.69, 9.17) is 0 Å². The van der Waals surface area contributed by atoms with Crippen molar-refractivity contribution in [1.29, 1.82) is 0 Å². The van der Waals surface area contributed by atoms with Crippen LogP contribution in [0.2, 0.25) is 0 Å². The summed E-state index contributed by atoms with van der Waals surface area (Å²) in [5.41, 5.74) is 18.0. The highest BCUT2D eigenvalue weighted by atomic mass is 15.0. The van der Waals surface area contributed by atoms with Gasteiger partial charge in [0.05, 0.1) is 27.8 Å². The molecule has 0 fully saturated rings. The molecule has 1 unspecified atom stereocenters. The van der Waals surface area contributed by atoms with E-state index in [1.165, 1.54) is 110 Å². The highest BCUT2D eigenvalue weighted by molar-refractivity contribution is 6.15. The lowest BCUT2D eigenvalue weighted by atomic mass is 9.82. The van der Waals surface area contributed by atoms with Crippen molar-refractivity contribution in [1.82, 2.24) is 9.13 Å². The van der Waals surface area contributed by atoms with Crippen molar-refractivity contribution in [3.8, 4) is 33.6 Å². The fraction of sp³-hybridized carbons (Fsp3) is 0.111. The smallest absolute Gasteiger partial charge is 0.0544 e. The Balaban J connectivity index is 1.09. The fourth-order valence-corrected chi connectivity index (χ4v) is 10.3. The number of allylic oxidation sites excluding steroid dienone is 1. The molecule has 2 heterocycles. The van der Waals surface area contributed by atoms with Gasteiger partial charge in [0.15, 0.2) is 0 Å². The molecule has 0 saturated heterocycles. The third kappa shape index (κ3) is 4.33. The molecule has 8 aromatic carbocycles. The Morgan fingerprint density at radius 3 is 2.04 bits per heavy atom. The number of fused-ring (bicyclic) bond motifs is 11. The third-order valence-electron chi connectivity index (χ3n) is 13.1. The second-order valence-electron chi connectivity index (χ2n) is 16.6. The Labute approximate surface area is 326 Å². The quantitative estimate of drug-likeness (QED) is 0.172. The summed E-state index contributed by atoms with van der Waals surface area (Å²) >= 11 is 0. The molecule has 2 heteroatoms. The van der Waals surface area contributed by atoms with Gasteiger partial charge in [-0.3, -0.25) is 0 Å². The van der Waals surface area contributed by atoms with Crippen molar-refractivity contribution in [3.05, 3.63) is 186 Å².